The molecule has 0 aliphatic carbocycles. The van der Waals surface area contributed by atoms with Crippen molar-refractivity contribution < 1.29 is 36.8 Å². The molecule has 31 heavy (non-hydrogen) atoms. The van der Waals surface area contributed by atoms with Gasteiger partial charge in [0.1, 0.15) is 0 Å². The highest BCUT2D eigenvalue weighted by molar-refractivity contribution is 6.87. The number of hydrogen-bond donors (Lipinski definition) is 0. The van der Waals surface area contributed by atoms with Crippen LogP contribution in [0.5, 0.6) is 0 Å². The molecule has 184 valence electrons. The fourth-order valence-corrected chi connectivity index (χ4v) is 15.8. The van der Waals surface area contributed by atoms with E-state index in [1.165, 1.54) is 7.11 Å². The van der Waals surface area contributed by atoms with E-state index in [4.69, 9.17) is 13.0 Å². The molecule has 0 fully saturated rings. The molecule has 0 spiro atoms. The first-order valence-electron chi connectivity index (χ1n) is 10.4. The first-order valence-corrected chi connectivity index (χ1v) is 19.7. The van der Waals surface area contributed by atoms with Crippen LogP contribution in [0.15, 0.2) is 25.7 Å². The minimum Gasteiger partial charge on any atom is -0.437 e. The largest absolute Gasteiger partial charge is 0.513 e. The molecule has 0 heterocycles. The summed E-state index contributed by atoms with van der Waals surface area (Å²) in [6.07, 6.45) is 2.42. The van der Waals surface area contributed by atoms with Crippen molar-refractivity contribution in [1.29, 1.82) is 0 Å². The molecular formula is C20H44O8Si3. The maximum absolute atomic E-state index is 11.0. The Kier molecular flexibility index (Phi) is 20.1. The van der Waals surface area contributed by atoms with Gasteiger partial charge in [0, 0.05) is 0 Å². The van der Waals surface area contributed by atoms with Crippen LogP contribution in [0.3, 0.4) is 0 Å². The summed E-state index contributed by atoms with van der Waals surface area (Å²) in [6, 6.07) is 1.03. The lowest BCUT2D eigenvalue weighted by molar-refractivity contribution is 0.0837. The number of hydrogen-bond acceptors (Lipinski definition) is 8. The topological polar surface area (TPSA) is 89.5 Å². The lowest BCUT2D eigenvalue weighted by Crippen LogP contribution is -2.51. The van der Waals surface area contributed by atoms with Gasteiger partial charge in [0.25, 0.3) is 0 Å². The van der Waals surface area contributed by atoms with Gasteiger partial charge in [0.05, 0.1) is 26.2 Å². The van der Waals surface area contributed by atoms with Crippen LogP contribution in [0.2, 0.25) is 51.9 Å². The molecule has 0 aliphatic rings. The van der Waals surface area contributed by atoms with Gasteiger partial charge in [0.15, 0.2) is 16.6 Å². The Labute approximate surface area is 192 Å². The fourth-order valence-electron chi connectivity index (χ4n) is 2.50. The van der Waals surface area contributed by atoms with Gasteiger partial charge in [0.2, 0.25) is 0 Å². The van der Waals surface area contributed by atoms with E-state index < -0.39 is 37.5 Å². The molecule has 0 aromatic heterocycles. The summed E-state index contributed by atoms with van der Waals surface area (Å²) in [5.74, 6) is 0. The van der Waals surface area contributed by atoms with Crippen LogP contribution in [-0.2, 0) is 27.2 Å². The van der Waals surface area contributed by atoms with Gasteiger partial charge in [-0.25, -0.2) is 9.59 Å². The van der Waals surface area contributed by atoms with Crippen molar-refractivity contribution in [2.24, 2.45) is 0 Å². The summed E-state index contributed by atoms with van der Waals surface area (Å²) in [5.41, 5.74) is 0. The molecule has 0 rings (SSSR count). The van der Waals surface area contributed by atoms with Crippen LogP contribution < -0.4 is 0 Å². The Bertz CT molecular complexity index is 517. The van der Waals surface area contributed by atoms with Crippen molar-refractivity contribution in [3.63, 3.8) is 0 Å². The summed E-state index contributed by atoms with van der Waals surface area (Å²) in [6.45, 7) is 26.1. The summed E-state index contributed by atoms with van der Waals surface area (Å²) < 4.78 is 30.2. The Hall–Kier alpha value is -1.41. The van der Waals surface area contributed by atoms with E-state index in [9.17, 15) is 9.59 Å². The predicted octanol–water partition coefficient (Wildman–Crippen LogP) is 6.78. The molecule has 0 aromatic rings. The third-order valence-electron chi connectivity index (χ3n) is 2.99. The van der Waals surface area contributed by atoms with Gasteiger partial charge < -0.3 is 27.2 Å². The van der Waals surface area contributed by atoms with Crippen LogP contribution in [-0.4, -0.2) is 51.2 Å². The summed E-state index contributed by atoms with van der Waals surface area (Å²) in [7, 11) is -4.17. The van der Waals surface area contributed by atoms with E-state index >= 15 is 0 Å². The van der Waals surface area contributed by atoms with Gasteiger partial charge >= 0.3 is 20.9 Å². The molecule has 0 aliphatic heterocycles. The lowest BCUT2D eigenvalue weighted by Gasteiger charge is -2.37. The molecule has 0 bridgehead atoms. The molecule has 0 aromatic carbocycles. The Morgan fingerprint density at radius 2 is 1.29 bits per heavy atom. The second kappa shape index (κ2) is 18.2. The van der Waals surface area contributed by atoms with Crippen molar-refractivity contribution >= 4 is 37.5 Å². The average molecular weight is 497 g/mol. The normalized spacial score (nSPS) is 10.9. The number of methoxy groups -OCH3 is 1. The molecule has 0 N–H and O–H groups in total. The number of carbonyl (C=O) groups is 2. The Balaban J connectivity index is -0.000000733. The quantitative estimate of drug-likeness (QED) is 0.134. The molecule has 0 saturated carbocycles. The third-order valence-corrected chi connectivity index (χ3v) is 13.1. The van der Waals surface area contributed by atoms with Crippen molar-refractivity contribution in [2.45, 2.75) is 78.6 Å². The van der Waals surface area contributed by atoms with Crippen molar-refractivity contribution in [1.82, 2.24) is 0 Å². The van der Waals surface area contributed by atoms with Gasteiger partial charge in [-0.1, -0.05) is 33.4 Å². The molecule has 0 atom stereocenters. The molecule has 0 radical (unpaired) electrons. The van der Waals surface area contributed by atoms with Gasteiger partial charge in [-0.05, 0) is 58.3 Å². The van der Waals surface area contributed by atoms with Crippen molar-refractivity contribution in [3.8, 4) is 0 Å². The molecule has 0 saturated heterocycles. The van der Waals surface area contributed by atoms with Crippen LogP contribution in [0.25, 0.3) is 0 Å². The highest BCUT2D eigenvalue weighted by atomic mass is 28.5. The zero-order chi connectivity index (χ0) is 25.1. The minimum absolute atomic E-state index is 0.364. The van der Waals surface area contributed by atoms with Gasteiger partial charge in [-0.15, -0.1) is 0 Å². The zero-order valence-electron chi connectivity index (χ0n) is 21.2. The van der Waals surface area contributed by atoms with E-state index in [0.29, 0.717) is 6.61 Å². The van der Waals surface area contributed by atoms with E-state index in [0.717, 1.165) is 31.4 Å². The predicted molar refractivity (Wildman–Crippen MR) is 132 cm³/mol. The maximum Gasteiger partial charge on any atom is 0.513 e. The zero-order valence-corrected chi connectivity index (χ0v) is 24.2. The molecule has 0 unspecified atom stereocenters. The van der Waals surface area contributed by atoms with E-state index in [1.807, 2.05) is 13.8 Å². The molecule has 11 heteroatoms. The molecule has 0 amide bonds. The minimum atomic E-state index is -2.06. The summed E-state index contributed by atoms with van der Waals surface area (Å²) >= 11 is 0. The highest BCUT2D eigenvalue weighted by Gasteiger charge is 2.37. The summed E-state index contributed by atoms with van der Waals surface area (Å²) in [5, 5.41) is 0. The standard InChI is InChI=1S/C14H32O5Si3.C4H6O3.C2H6/c1-9-16-14(15)17-12-10-11-13-21(5,6)19-22(7,8)18-20(2,3)4;1-3-7-4(5)6-2;1-2/h9H,1,10-13H2,2-8H3;3H,1H2,2H3;1-2H3. The Morgan fingerprint density at radius 1 is 0.806 bits per heavy atom. The lowest BCUT2D eigenvalue weighted by atomic mass is 10.4. The number of ether oxygens (including phenoxy) is 4. The first kappa shape index (κ1) is 34.2. The van der Waals surface area contributed by atoms with E-state index in [-0.39, 0.29) is 0 Å². The number of rotatable bonds is 11. The van der Waals surface area contributed by atoms with Crippen LogP contribution in [0.4, 0.5) is 9.59 Å². The monoisotopic (exact) mass is 496 g/mol. The maximum atomic E-state index is 11.0. The fraction of sp³-hybridized carbons (Fsp3) is 0.700. The molecular weight excluding hydrogens is 452 g/mol. The first-order chi connectivity index (χ1) is 14.2. The average Bonchev–Trinajstić information content (AvgIpc) is 2.60. The highest BCUT2D eigenvalue weighted by Crippen LogP contribution is 2.24. The van der Waals surface area contributed by atoms with Gasteiger partial charge in [-0.3, -0.25) is 0 Å². The van der Waals surface area contributed by atoms with Crippen LogP contribution >= 0.6 is 0 Å². The molecule has 8 nitrogen and oxygen atoms in total. The third kappa shape index (κ3) is 26.6. The van der Waals surface area contributed by atoms with Gasteiger partial charge in [-0.2, -0.15) is 0 Å². The summed E-state index contributed by atoms with van der Waals surface area (Å²) in [4.78, 5) is 20.9. The van der Waals surface area contributed by atoms with Crippen molar-refractivity contribution in [2.75, 3.05) is 13.7 Å². The number of unbranched alkanes of at least 4 members (excludes halogenated alkanes) is 1. The second-order valence-electron chi connectivity index (χ2n) is 8.05. The van der Waals surface area contributed by atoms with E-state index in [1.54, 1.807) is 0 Å². The SMILES string of the molecule is C=COC(=O)OC.C=COC(=O)OCCCC[Si](C)(C)O[Si](C)(C)O[Si](C)(C)C.CC. The smallest absolute Gasteiger partial charge is 0.437 e. The van der Waals surface area contributed by atoms with Crippen LogP contribution in [0, 0.1) is 0 Å². The Morgan fingerprint density at radius 3 is 1.68 bits per heavy atom. The second-order valence-corrected chi connectivity index (χ2v) is 20.7. The van der Waals surface area contributed by atoms with Crippen LogP contribution in [0.1, 0.15) is 26.7 Å². The number of carbonyl (C=O) groups excluding carboxylic acids is 2. The van der Waals surface area contributed by atoms with Crippen molar-refractivity contribution in [3.05, 3.63) is 25.7 Å². The van der Waals surface area contributed by atoms with E-state index in [2.05, 4.69) is 73.2 Å².